The summed E-state index contributed by atoms with van der Waals surface area (Å²) in [6.45, 7) is -0.466. The van der Waals surface area contributed by atoms with E-state index in [1.54, 1.807) is 0 Å². The van der Waals surface area contributed by atoms with Crippen LogP contribution < -0.4 is 0 Å². The van der Waals surface area contributed by atoms with Gasteiger partial charge in [0, 0.05) is 16.2 Å². The minimum atomic E-state index is -2.67. The molecule has 0 atom stereocenters. The maximum Gasteiger partial charge on any atom is 0.280 e. The van der Waals surface area contributed by atoms with Gasteiger partial charge in [0.1, 0.15) is 5.69 Å². The zero-order valence-corrected chi connectivity index (χ0v) is 9.44. The summed E-state index contributed by atoms with van der Waals surface area (Å²) in [6, 6.07) is 0. The van der Waals surface area contributed by atoms with Gasteiger partial charge in [-0.25, -0.2) is 8.78 Å². The number of nitrogens with zero attached hydrogens (tertiary/aromatic N) is 1. The van der Waals surface area contributed by atoms with Crippen LogP contribution in [0, 0.1) is 0 Å². The van der Waals surface area contributed by atoms with Crippen LogP contribution in [-0.2, 0) is 6.61 Å². The first-order valence-electron chi connectivity index (χ1n) is 3.29. The summed E-state index contributed by atoms with van der Waals surface area (Å²) in [5, 5.41) is 8.85. The van der Waals surface area contributed by atoms with Gasteiger partial charge in [0.15, 0.2) is 0 Å². The van der Waals surface area contributed by atoms with E-state index >= 15 is 0 Å². The van der Waals surface area contributed by atoms with E-state index in [0.29, 0.717) is 8.95 Å². The molecule has 0 bridgehead atoms. The quantitative estimate of drug-likeness (QED) is 0.909. The van der Waals surface area contributed by atoms with E-state index in [4.69, 9.17) is 5.11 Å². The first kappa shape index (κ1) is 11.0. The number of hydrogen-bond donors (Lipinski definition) is 1. The summed E-state index contributed by atoms with van der Waals surface area (Å²) in [6.07, 6.45) is -1.41. The highest BCUT2D eigenvalue weighted by atomic mass is 79.9. The summed E-state index contributed by atoms with van der Waals surface area (Å²) < 4.78 is 25.6. The van der Waals surface area contributed by atoms with E-state index in [9.17, 15) is 8.78 Å². The van der Waals surface area contributed by atoms with Crippen molar-refractivity contribution in [3.8, 4) is 0 Å². The molecule has 0 saturated carbocycles. The predicted octanol–water partition coefficient (Wildman–Crippen LogP) is 3.04. The third-order valence-electron chi connectivity index (χ3n) is 1.47. The van der Waals surface area contributed by atoms with Gasteiger partial charge >= 0.3 is 0 Å². The molecule has 6 heteroatoms. The Morgan fingerprint density at radius 1 is 1.46 bits per heavy atom. The monoisotopic (exact) mass is 315 g/mol. The largest absolute Gasteiger partial charge is 0.392 e. The Morgan fingerprint density at radius 2 is 2.08 bits per heavy atom. The number of hydrogen-bond acceptors (Lipinski definition) is 2. The van der Waals surface area contributed by atoms with Gasteiger partial charge in [-0.3, -0.25) is 4.98 Å². The third-order valence-corrected chi connectivity index (χ3v) is 3.50. The van der Waals surface area contributed by atoms with Gasteiger partial charge in [0.05, 0.1) is 11.1 Å². The van der Waals surface area contributed by atoms with Crippen LogP contribution in [0.5, 0.6) is 0 Å². The molecule has 0 amide bonds. The summed E-state index contributed by atoms with van der Waals surface area (Å²) in [4.78, 5) is 3.52. The Balaban J connectivity index is 3.30. The van der Waals surface area contributed by atoms with Crippen LogP contribution in [0.3, 0.4) is 0 Å². The topological polar surface area (TPSA) is 33.1 Å². The SMILES string of the molecule is OCc1c(C(F)F)ncc(Br)c1Br. The highest BCUT2D eigenvalue weighted by Crippen LogP contribution is 2.31. The van der Waals surface area contributed by atoms with Gasteiger partial charge in [-0.15, -0.1) is 0 Å². The third kappa shape index (κ3) is 2.24. The van der Waals surface area contributed by atoms with Crippen molar-refractivity contribution in [3.63, 3.8) is 0 Å². The molecule has 0 fully saturated rings. The normalized spacial score (nSPS) is 10.9. The lowest BCUT2D eigenvalue weighted by Gasteiger charge is -2.08. The molecule has 0 aliphatic carbocycles. The van der Waals surface area contributed by atoms with E-state index in [-0.39, 0.29) is 5.56 Å². The molecular formula is C7H5Br2F2NO. The molecular weight excluding hydrogens is 312 g/mol. The molecule has 72 valence electrons. The smallest absolute Gasteiger partial charge is 0.280 e. The van der Waals surface area contributed by atoms with E-state index in [2.05, 4.69) is 36.8 Å². The van der Waals surface area contributed by atoms with E-state index < -0.39 is 18.7 Å². The lowest BCUT2D eigenvalue weighted by molar-refractivity contribution is 0.141. The molecule has 13 heavy (non-hydrogen) atoms. The molecule has 0 radical (unpaired) electrons. The zero-order chi connectivity index (χ0) is 10.0. The number of rotatable bonds is 2. The number of aliphatic hydroxyl groups excluding tert-OH is 1. The lowest BCUT2D eigenvalue weighted by Crippen LogP contribution is -2.00. The molecule has 2 nitrogen and oxygen atoms in total. The molecule has 0 aliphatic rings. The number of pyridine rings is 1. The second-order valence-electron chi connectivity index (χ2n) is 2.24. The van der Waals surface area contributed by atoms with Crippen LogP contribution >= 0.6 is 31.9 Å². The fraction of sp³-hybridized carbons (Fsp3) is 0.286. The van der Waals surface area contributed by atoms with Crippen molar-refractivity contribution in [1.82, 2.24) is 4.98 Å². The summed E-state index contributed by atoms with van der Waals surface area (Å²) >= 11 is 6.18. The molecule has 1 rings (SSSR count). The van der Waals surface area contributed by atoms with Crippen molar-refractivity contribution in [3.05, 3.63) is 26.4 Å². The maximum atomic E-state index is 12.3. The van der Waals surface area contributed by atoms with Crippen LogP contribution in [-0.4, -0.2) is 10.1 Å². The van der Waals surface area contributed by atoms with Crippen molar-refractivity contribution in [2.24, 2.45) is 0 Å². The van der Waals surface area contributed by atoms with Crippen LogP contribution in [0.4, 0.5) is 8.78 Å². The van der Waals surface area contributed by atoms with Gasteiger partial charge in [-0.1, -0.05) is 0 Å². The highest BCUT2D eigenvalue weighted by Gasteiger charge is 2.18. The van der Waals surface area contributed by atoms with Gasteiger partial charge in [-0.2, -0.15) is 0 Å². The molecule has 1 aromatic heterocycles. The van der Waals surface area contributed by atoms with Gasteiger partial charge in [-0.05, 0) is 31.9 Å². The van der Waals surface area contributed by atoms with Crippen molar-refractivity contribution >= 4 is 31.9 Å². The van der Waals surface area contributed by atoms with Crippen molar-refractivity contribution in [1.29, 1.82) is 0 Å². The van der Waals surface area contributed by atoms with Gasteiger partial charge in [0.25, 0.3) is 6.43 Å². The maximum absolute atomic E-state index is 12.3. The van der Waals surface area contributed by atoms with Gasteiger partial charge in [0.2, 0.25) is 0 Å². The van der Waals surface area contributed by atoms with Crippen molar-refractivity contribution in [2.75, 3.05) is 0 Å². The molecule has 1 heterocycles. The molecule has 0 aromatic carbocycles. The number of aromatic nitrogens is 1. The summed E-state index contributed by atoms with van der Waals surface area (Å²) in [7, 11) is 0. The number of aliphatic hydroxyl groups is 1. The number of alkyl halides is 2. The summed E-state index contributed by atoms with van der Waals surface area (Å²) in [5.41, 5.74) is -0.276. The fourth-order valence-electron chi connectivity index (χ4n) is 0.856. The molecule has 0 unspecified atom stereocenters. The molecule has 1 N–H and O–H groups in total. The van der Waals surface area contributed by atoms with Crippen molar-refractivity contribution in [2.45, 2.75) is 13.0 Å². The standard InChI is InChI=1S/C7H5Br2F2NO/c8-4-1-12-6(7(10)11)3(2-13)5(4)9/h1,7,13H,2H2. The van der Waals surface area contributed by atoms with Crippen LogP contribution in [0.15, 0.2) is 15.1 Å². The van der Waals surface area contributed by atoms with Crippen LogP contribution in [0.25, 0.3) is 0 Å². The fourth-order valence-corrected chi connectivity index (χ4v) is 1.63. The minimum absolute atomic E-state index is 0.115. The Kier molecular flexibility index (Phi) is 3.75. The average molecular weight is 317 g/mol. The lowest BCUT2D eigenvalue weighted by atomic mass is 10.2. The van der Waals surface area contributed by atoms with Crippen LogP contribution in [0.1, 0.15) is 17.7 Å². The molecule has 0 saturated heterocycles. The minimum Gasteiger partial charge on any atom is -0.392 e. The first-order chi connectivity index (χ1) is 6.07. The van der Waals surface area contributed by atoms with E-state index in [1.165, 1.54) is 6.20 Å². The highest BCUT2D eigenvalue weighted by molar-refractivity contribution is 9.13. The second-order valence-corrected chi connectivity index (χ2v) is 3.89. The molecule has 1 aromatic rings. The Bertz CT molecular complexity index is 320. The molecule has 0 spiro atoms. The van der Waals surface area contributed by atoms with E-state index in [1.807, 2.05) is 0 Å². The predicted molar refractivity (Wildman–Crippen MR) is 50.5 cm³/mol. The zero-order valence-electron chi connectivity index (χ0n) is 6.27. The second kappa shape index (κ2) is 4.43. The first-order valence-corrected chi connectivity index (χ1v) is 4.88. The van der Waals surface area contributed by atoms with Crippen molar-refractivity contribution < 1.29 is 13.9 Å². The van der Waals surface area contributed by atoms with Gasteiger partial charge < -0.3 is 5.11 Å². The Labute approximate surface area is 90.2 Å². The van der Waals surface area contributed by atoms with E-state index in [0.717, 1.165) is 0 Å². The summed E-state index contributed by atoms with van der Waals surface area (Å²) in [5.74, 6) is 0. The molecule has 0 aliphatic heterocycles. The Morgan fingerprint density at radius 3 is 2.54 bits per heavy atom. The Hall–Kier alpha value is -0.0700. The van der Waals surface area contributed by atoms with Crippen LogP contribution in [0.2, 0.25) is 0 Å². The number of halogens is 4. The average Bonchev–Trinajstić information content (AvgIpc) is 2.09.